The van der Waals surface area contributed by atoms with Crippen molar-refractivity contribution in [3.63, 3.8) is 0 Å². The van der Waals surface area contributed by atoms with Crippen molar-refractivity contribution in [3.8, 4) is 0 Å². The van der Waals surface area contributed by atoms with Crippen molar-refractivity contribution >= 4 is 0 Å². The molecule has 0 heterocycles. The van der Waals surface area contributed by atoms with E-state index in [1.165, 1.54) is 38.5 Å². The molecule has 1 aliphatic carbocycles. The molecule has 1 rings (SSSR count). The summed E-state index contributed by atoms with van der Waals surface area (Å²) < 4.78 is 6.13. The van der Waals surface area contributed by atoms with Gasteiger partial charge in [-0.2, -0.15) is 0 Å². The molecule has 2 atom stereocenters. The van der Waals surface area contributed by atoms with E-state index in [0.717, 1.165) is 6.42 Å². The van der Waals surface area contributed by atoms with Crippen molar-refractivity contribution in [1.29, 1.82) is 0 Å². The Morgan fingerprint density at radius 1 is 1.12 bits per heavy atom. The van der Waals surface area contributed by atoms with Gasteiger partial charge < -0.3 is 9.84 Å². The summed E-state index contributed by atoms with van der Waals surface area (Å²) in [6, 6.07) is 0. The van der Waals surface area contributed by atoms with Crippen molar-refractivity contribution < 1.29 is 9.84 Å². The Morgan fingerprint density at radius 3 is 2.25 bits per heavy atom. The molecular weight excluding hydrogens is 200 g/mol. The zero-order chi connectivity index (χ0) is 12.0. The Labute approximate surface area is 100 Å². The summed E-state index contributed by atoms with van der Waals surface area (Å²) in [6.45, 7) is 7.05. The Balaban J connectivity index is 2.55. The fraction of sp³-hybridized carbons (Fsp3) is 1.00. The summed E-state index contributed by atoms with van der Waals surface area (Å²) in [7, 11) is 0. The quantitative estimate of drug-likeness (QED) is 0.753. The number of aliphatic hydroxyl groups excluding tert-OH is 1. The van der Waals surface area contributed by atoms with E-state index in [9.17, 15) is 5.11 Å². The van der Waals surface area contributed by atoms with Crippen molar-refractivity contribution in [2.75, 3.05) is 6.61 Å². The van der Waals surface area contributed by atoms with Crippen LogP contribution in [0.2, 0.25) is 0 Å². The molecular formula is C14H28O2. The maximum atomic E-state index is 9.63. The normalized spacial score (nSPS) is 24.0. The van der Waals surface area contributed by atoms with Gasteiger partial charge in [0, 0.05) is 0 Å². The molecule has 0 aliphatic heterocycles. The molecule has 1 aliphatic rings. The lowest BCUT2D eigenvalue weighted by molar-refractivity contribution is -0.129. The van der Waals surface area contributed by atoms with Gasteiger partial charge >= 0.3 is 0 Å². The van der Waals surface area contributed by atoms with Crippen LogP contribution in [-0.2, 0) is 4.74 Å². The Kier molecular flexibility index (Phi) is 5.77. The maximum absolute atomic E-state index is 9.63. The summed E-state index contributed by atoms with van der Waals surface area (Å²) in [5.74, 6) is 0.608. The number of hydrogen-bond acceptors (Lipinski definition) is 2. The topological polar surface area (TPSA) is 29.5 Å². The van der Waals surface area contributed by atoms with E-state index >= 15 is 0 Å². The average molecular weight is 228 g/mol. The molecule has 1 N–H and O–H groups in total. The van der Waals surface area contributed by atoms with E-state index in [2.05, 4.69) is 13.8 Å². The van der Waals surface area contributed by atoms with Gasteiger partial charge in [0.05, 0.1) is 18.3 Å². The van der Waals surface area contributed by atoms with Crippen LogP contribution in [0, 0.1) is 5.92 Å². The van der Waals surface area contributed by atoms with Crippen LogP contribution in [-0.4, -0.2) is 23.4 Å². The standard InChI is InChI=1S/C14H28O2/c1-4-12(3)14(9-7-6-8-10-14)16-11-13(15)5-2/h12-13,15H,4-11H2,1-3H3. The lowest BCUT2D eigenvalue weighted by atomic mass is 9.75. The monoisotopic (exact) mass is 228 g/mol. The molecule has 96 valence electrons. The summed E-state index contributed by atoms with van der Waals surface area (Å²) in [4.78, 5) is 0. The van der Waals surface area contributed by atoms with Crippen molar-refractivity contribution in [2.24, 2.45) is 5.92 Å². The van der Waals surface area contributed by atoms with Gasteiger partial charge in [-0.1, -0.05) is 46.5 Å². The molecule has 0 aromatic rings. The van der Waals surface area contributed by atoms with Crippen LogP contribution in [0.3, 0.4) is 0 Å². The molecule has 0 amide bonds. The highest BCUT2D eigenvalue weighted by Crippen LogP contribution is 2.39. The highest BCUT2D eigenvalue weighted by atomic mass is 16.5. The molecule has 2 nitrogen and oxygen atoms in total. The smallest absolute Gasteiger partial charge is 0.0771 e. The molecule has 16 heavy (non-hydrogen) atoms. The highest BCUT2D eigenvalue weighted by Gasteiger charge is 2.37. The predicted octanol–water partition coefficient (Wildman–Crippen LogP) is 3.52. The van der Waals surface area contributed by atoms with E-state index in [-0.39, 0.29) is 11.7 Å². The molecule has 0 saturated heterocycles. The molecule has 1 saturated carbocycles. The molecule has 2 unspecified atom stereocenters. The molecule has 2 heteroatoms. The molecule has 0 radical (unpaired) electrons. The molecule has 0 bridgehead atoms. The fourth-order valence-electron chi connectivity index (χ4n) is 2.68. The van der Waals surface area contributed by atoms with E-state index in [1.54, 1.807) is 0 Å². The molecule has 1 fully saturated rings. The van der Waals surface area contributed by atoms with Gasteiger partial charge in [-0.05, 0) is 25.2 Å². The summed E-state index contributed by atoms with van der Waals surface area (Å²) in [5.41, 5.74) is 0.0587. The minimum atomic E-state index is -0.289. The summed E-state index contributed by atoms with van der Waals surface area (Å²) >= 11 is 0. The molecule has 0 aromatic heterocycles. The van der Waals surface area contributed by atoms with Crippen LogP contribution in [0.5, 0.6) is 0 Å². The first kappa shape index (κ1) is 14.0. The third-order valence-corrected chi connectivity index (χ3v) is 4.24. The highest BCUT2D eigenvalue weighted by molar-refractivity contribution is 4.89. The number of hydrogen-bond donors (Lipinski definition) is 1. The largest absolute Gasteiger partial charge is 0.391 e. The predicted molar refractivity (Wildman–Crippen MR) is 67.5 cm³/mol. The van der Waals surface area contributed by atoms with Crippen LogP contribution < -0.4 is 0 Å². The van der Waals surface area contributed by atoms with Crippen molar-refractivity contribution in [1.82, 2.24) is 0 Å². The van der Waals surface area contributed by atoms with Gasteiger partial charge in [0.2, 0.25) is 0 Å². The van der Waals surface area contributed by atoms with Crippen LogP contribution in [0.15, 0.2) is 0 Å². The zero-order valence-electron chi connectivity index (χ0n) is 11.2. The van der Waals surface area contributed by atoms with Crippen LogP contribution in [0.25, 0.3) is 0 Å². The van der Waals surface area contributed by atoms with E-state index in [0.29, 0.717) is 12.5 Å². The van der Waals surface area contributed by atoms with Crippen molar-refractivity contribution in [2.45, 2.75) is 77.4 Å². The average Bonchev–Trinajstić information content (AvgIpc) is 2.36. The van der Waals surface area contributed by atoms with Gasteiger partial charge in [-0.25, -0.2) is 0 Å². The maximum Gasteiger partial charge on any atom is 0.0771 e. The minimum absolute atomic E-state index is 0.0587. The summed E-state index contributed by atoms with van der Waals surface area (Å²) in [5, 5.41) is 9.63. The molecule has 0 aromatic carbocycles. The van der Waals surface area contributed by atoms with Gasteiger partial charge in [0.15, 0.2) is 0 Å². The third-order valence-electron chi connectivity index (χ3n) is 4.24. The SMILES string of the molecule is CCC(O)COC1(C(C)CC)CCCCC1. The van der Waals surface area contributed by atoms with E-state index in [4.69, 9.17) is 4.74 Å². The second-order valence-electron chi connectivity index (χ2n) is 5.31. The van der Waals surface area contributed by atoms with Gasteiger partial charge in [0.25, 0.3) is 0 Å². The van der Waals surface area contributed by atoms with Gasteiger partial charge in [0.1, 0.15) is 0 Å². The number of aliphatic hydroxyl groups is 1. The first-order valence-electron chi connectivity index (χ1n) is 6.96. The van der Waals surface area contributed by atoms with Crippen LogP contribution in [0.1, 0.15) is 65.7 Å². The first-order valence-corrected chi connectivity index (χ1v) is 6.96. The Bertz CT molecular complexity index is 185. The zero-order valence-corrected chi connectivity index (χ0v) is 11.2. The summed E-state index contributed by atoms with van der Waals surface area (Å²) in [6.07, 6.45) is 7.94. The lowest BCUT2D eigenvalue weighted by Gasteiger charge is -2.42. The van der Waals surface area contributed by atoms with Crippen LogP contribution >= 0.6 is 0 Å². The van der Waals surface area contributed by atoms with E-state index in [1.807, 2.05) is 6.92 Å². The lowest BCUT2D eigenvalue weighted by Crippen LogP contribution is -2.43. The van der Waals surface area contributed by atoms with E-state index < -0.39 is 0 Å². The fourth-order valence-corrected chi connectivity index (χ4v) is 2.68. The van der Waals surface area contributed by atoms with Gasteiger partial charge in [-0.3, -0.25) is 0 Å². The Hall–Kier alpha value is -0.0800. The first-order chi connectivity index (χ1) is 7.64. The number of rotatable bonds is 6. The Morgan fingerprint density at radius 2 is 1.75 bits per heavy atom. The second kappa shape index (κ2) is 6.61. The second-order valence-corrected chi connectivity index (χ2v) is 5.31. The van der Waals surface area contributed by atoms with Crippen LogP contribution in [0.4, 0.5) is 0 Å². The van der Waals surface area contributed by atoms with Gasteiger partial charge in [-0.15, -0.1) is 0 Å². The minimum Gasteiger partial charge on any atom is -0.391 e. The molecule has 0 spiro atoms. The third kappa shape index (κ3) is 3.46. The van der Waals surface area contributed by atoms with Crippen molar-refractivity contribution in [3.05, 3.63) is 0 Å². The number of ether oxygens (including phenoxy) is 1.